The fourth-order valence-corrected chi connectivity index (χ4v) is 1.12. The number of anilines is 1. The zero-order chi connectivity index (χ0) is 8.48. The summed E-state index contributed by atoms with van der Waals surface area (Å²) < 4.78 is 29.4. The third-order valence-corrected chi connectivity index (χ3v) is 2.05. The number of nitrogens with two attached hydrogens (primary N) is 1. The molecular weight excluding hydrogens is 205 g/mol. The summed E-state index contributed by atoms with van der Waals surface area (Å²) in [5.41, 5.74) is 5.75. The van der Waals surface area contributed by atoms with Crippen molar-refractivity contribution in [3.63, 3.8) is 0 Å². The van der Waals surface area contributed by atoms with Gasteiger partial charge in [0.15, 0.2) is 0 Å². The molecule has 0 atom stereocenters. The summed E-state index contributed by atoms with van der Waals surface area (Å²) in [6, 6.07) is 5.29. The topological polar surface area (TPSA) is 80.4 Å². The van der Waals surface area contributed by atoms with Gasteiger partial charge in [-0.25, -0.2) is 0 Å². The molecule has 0 fully saturated rings. The predicted molar refractivity (Wildman–Crippen MR) is 46.4 cm³/mol. The van der Waals surface area contributed by atoms with E-state index < -0.39 is 10.1 Å². The summed E-state index contributed by atoms with van der Waals surface area (Å²) in [5, 5.41) is 0. The largest absolute Gasteiger partial charge is 0.399 e. The van der Waals surface area contributed by atoms with Crippen LogP contribution in [0.3, 0.4) is 0 Å². The summed E-state index contributed by atoms with van der Waals surface area (Å²) in [6.07, 6.45) is 0. The molecule has 1 aromatic carbocycles. The minimum absolute atomic E-state index is 0. The van der Waals surface area contributed by atoms with E-state index in [2.05, 4.69) is 0 Å². The summed E-state index contributed by atoms with van der Waals surface area (Å²) >= 11 is 0. The number of rotatable bonds is 1. The van der Waals surface area contributed by atoms with E-state index in [4.69, 9.17) is 10.3 Å². The number of hydrogen-bond acceptors (Lipinski definition) is 3. The van der Waals surface area contributed by atoms with Crippen LogP contribution in [-0.4, -0.2) is 64.4 Å². The number of benzene rings is 1. The molecule has 0 unspecified atom stereocenters. The molecular formula is C6H7KNO3S. The van der Waals surface area contributed by atoms with Gasteiger partial charge in [-0.2, -0.15) is 8.42 Å². The minimum atomic E-state index is -4.08. The van der Waals surface area contributed by atoms with Crippen molar-refractivity contribution in [1.82, 2.24) is 0 Å². The van der Waals surface area contributed by atoms with Gasteiger partial charge < -0.3 is 5.73 Å². The maximum absolute atomic E-state index is 10.5. The molecule has 0 aliphatic rings. The standard InChI is InChI=1S/C6H7NO3S.K/c7-5-1-3-6(4-2-5)11(8,9)10;/h1-4H,7H2,(H,8,9,10);. The second-order valence-corrected chi connectivity index (χ2v) is 3.47. The van der Waals surface area contributed by atoms with Gasteiger partial charge in [0, 0.05) is 57.1 Å². The Morgan fingerprint density at radius 2 is 1.58 bits per heavy atom. The zero-order valence-electron chi connectivity index (χ0n) is 6.56. The summed E-state index contributed by atoms with van der Waals surface area (Å²) in [7, 11) is -4.08. The average molecular weight is 212 g/mol. The Morgan fingerprint density at radius 1 is 1.17 bits per heavy atom. The van der Waals surface area contributed by atoms with Crippen molar-refractivity contribution in [1.29, 1.82) is 0 Å². The third-order valence-electron chi connectivity index (χ3n) is 1.18. The second-order valence-electron chi connectivity index (χ2n) is 2.04. The van der Waals surface area contributed by atoms with Gasteiger partial charge >= 0.3 is 0 Å². The van der Waals surface area contributed by atoms with Crippen molar-refractivity contribution >= 4 is 67.2 Å². The molecule has 0 spiro atoms. The van der Waals surface area contributed by atoms with Gasteiger partial charge in [0.1, 0.15) is 0 Å². The predicted octanol–water partition coefficient (Wildman–Crippen LogP) is 0.135. The molecule has 0 aliphatic heterocycles. The van der Waals surface area contributed by atoms with Crippen LogP contribution in [0.5, 0.6) is 0 Å². The molecule has 12 heavy (non-hydrogen) atoms. The van der Waals surface area contributed by atoms with Crippen LogP contribution >= 0.6 is 0 Å². The first-order chi connectivity index (χ1) is 5.00. The van der Waals surface area contributed by atoms with Crippen molar-refractivity contribution in [2.24, 2.45) is 0 Å². The third kappa shape index (κ3) is 3.52. The Labute approximate surface area is 113 Å². The fraction of sp³-hybridized carbons (Fsp3) is 0. The van der Waals surface area contributed by atoms with Crippen molar-refractivity contribution in [3.05, 3.63) is 24.3 Å². The van der Waals surface area contributed by atoms with E-state index in [0.717, 1.165) is 0 Å². The van der Waals surface area contributed by atoms with Crippen molar-refractivity contribution < 1.29 is 13.0 Å². The first-order valence-electron chi connectivity index (χ1n) is 2.83. The van der Waals surface area contributed by atoms with Crippen LogP contribution in [0.2, 0.25) is 0 Å². The average Bonchev–Trinajstić information content (AvgIpc) is 1.86. The molecule has 0 saturated carbocycles. The molecule has 1 radical (unpaired) electrons. The first kappa shape index (κ1) is 12.6. The van der Waals surface area contributed by atoms with Gasteiger partial charge in [-0.3, -0.25) is 4.55 Å². The van der Waals surface area contributed by atoms with Gasteiger partial charge in [0.05, 0.1) is 4.90 Å². The van der Waals surface area contributed by atoms with Crippen LogP contribution in [0.15, 0.2) is 29.2 Å². The molecule has 4 nitrogen and oxygen atoms in total. The summed E-state index contributed by atoms with van der Waals surface area (Å²) in [6.45, 7) is 0. The monoisotopic (exact) mass is 212 g/mol. The number of hydrogen-bond donors (Lipinski definition) is 2. The molecule has 61 valence electrons. The molecule has 0 heterocycles. The SMILES string of the molecule is Nc1ccc(S(=O)(=O)O)cc1.[K]. The molecule has 1 aromatic rings. The van der Waals surface area contributed by atoms with E-state index in [1.54, 1.807) is 0 Å². The molecule has 0 aliphatic carbocycles. The number of nitrogen functional groups attached to an aromatic ring is 1. The van der Waals surface area contributed by atoms with E-state index >= 15 is 0 Å². The Bertz CT molecular complexity index is 346. The molecule has 0 aromatic heterocycles. The normalized spacial score (nSPS) is 10.4. The Hall–Kier alpha value is 0.566. The van der Waals surface area contributed by atoms with E-state index in [1.807, 2.05) is 0 Å². The van der Waals surface area contributed by atoms with Gasteiger partial charge in [0.25, 0.3) is 10.1 Å². The Kier molecular flexibility index (Phi) is 4.93. The summed E-state index contributed by atoms with van der Waals surface area (Å²) in [5.74, 6) is 0. The van der Waals surface area contributed by atoms with Crippen LogP contribution in [0.1, 0.15) is 0 Å². The molecule has 0 amide bonds. The summed E-state index contributed by atoms with van der Waals surface area (Å²) in [4.78, 5) is -0.147. The van der Waals surface area contributed by atoms with Crippen molar-refractivity contribution in [2.75, 3.05) is 5.73 Å². The molecule has 1 rings (SSSR count). The molecule has 6 heteroatoms. The van der Waals surface area contributed by atoms with Crippen LogP contribution < -0.4 is 5.73 Å². The quantitative estimate of drug-likeness (QED) is 0.394. The minimum Gasteiger partial charge on any atom is -0.399 e. The zero-order valence-corrected chi connectivity index (χ0v) is 10.5. The molecule has 0 bridgehead atoms. The van der Waals surface area contributed by atoms with Crippen LogP contribution in [0, 0.1) is 0 Å². The van der Waals surface area contributed by atoms with E-state index in [1.165, 1.54) is 24.3 Å². The van der Waals surface area contributed by atoms with E-state index in [0.29, 0.717) is 5.69 Å². The van der Waals surface area contributed by atoms with Crippen LogP contribution in [0.25, 0.3) is 0 Å². The maximum Gasteiger partial charge on any atom is 0.294 e. The van der Waals surface area contributed by atoms with E-state index in [9.17, 15) is 8.42 Å². The van der Waals surface area contributed by atoms with Crippen molar-refractivity contribution in [3.8, 4) is 0 Å². The smallest absolute Gasteiger partial charge is 0.294 e. The van der Waals surface area contributed by atoms with Gasteiger partial charge in [-0.15, -0.1) is 0 Å². The van der Waals surface area contributed by atoms with Gasteiger partial charge in [-0.05, 0) is 24.3 Å². The van der Waals surface area contributed by atoms with Gasteiger partial charge in [-0.1, -0.05) is 0 Å². The van der Waals surface area contributed by atoms with Gasteiger partial charge in [0.2, 0.25) is 0 Å². The van der Waals surface area contributed by atoms with E-state index in [-0.39, 0.29) is 56.3 Å². The Balaban J connectivity index is 0.00000121. The second kappa shape index (κ2) is 4.71. The van der Waals surface area contributed by atoms with Crippen LogP contribution in [0.4, 0.5) is 5.69 Å². The van der Waals surface area contributed by atoms with Crippen molar-refractivity contribution in [2.45, 2.75) is 4.90 Å². The Morgan fingerprint density at radius 3 is 1.92 bits per heavy atom. The maximum atomic E-state index is 10.5. The molecule has 3 N–H and O–H groups in total. The molecule has 0 saturated heterocycles. The first-order valence-corrected chi connectivity index (χ1v) is 4.27. The fourth-order valence-electron chi connectivity index (χ4n) is 0.640. The van der Waals surface area contributed by atoms with Crippen LogP contribution in [-0.2, 0) is 10.1 Å².